The summed E-state index contributed by atoms with van der Waals surface area (Å²) >= 11 is 0. The highest BCUT2D eigenvalue weighted by atomic mass is 19.4. The molecule has 1 atom stereocenters. The van der Waals surface area contributed by atoms with Gasteiger partial charge in [0, 0.05) is 12.5 Å². The Morgan fingerprint density at radius 2 is 1.65 bits per heavy atom. The van der Waals surface area contributed by atoms with Crippen molar-refractivity contribution in [2.75, 3.05) is 6.54 Å². The van der Waals surface area contributed by atoms with Gasteiger partial charge < -0.3 is 5.32 Å². The lowest BCUT2D eigenvalue weighted by Gasteiger charge is -2.17. The van der Waals surface area contributed by atoms with Crippen LogP contribution in [0.2, 0.25) is 0 Å². The summed E-state index contributed by atoms with van der Waals surface area (Å²) in [5.74, 6) is -0.634. The minimum atomic E-state index is -4.54. The molecule has 1 amide bonds. The lowest BCUT2D eigenvalue weighted by Crippen LogP contribution is -2.30. The fourth-order valence-electron chi connectivity index (χ4n) is 2.46. The second kappa shape index (κ2) is 7.31. The summed E-state index contributed by atoms with van der Waals surface area (Å²) in [6, 6.07) is 14.4. The summed E-state index contributed by atoms with van der Waals surface area (Å²) in [5.41, 5.74) is -0.201. The molecule has 2 aromatic rings. The lowest BCUT2D eigenvalue weighted by atomic mass is 9.96. The van der Waals surface area contributed by atoms with E-state index in [1.54, 1.807) is 0 Å². The maximum absolute atomic E-state index is 13.0. The average Bonchev–Trinajstić information content (AvgIpc) is 2.55. The lowest BCUT2D eigenvalue weighted by molar-refractivity contribution is -0.137. The first-order valence-corrected chi connectivity index (χ1v) is 7.42. The van der Waals surface area contributed by atoms with Gasteiger partial charge in [0.2, 0.25) is 0 Å². The normalized spacial score (nSPS) is 12.7. The van der Waals surface area contributed by atoms with Crippen molar-refractivity contribution in [1.29, 1.82) is 0 Å². The number of hydrogen-bond donors (Lipinski definition) is 1. The fourth-order valence-corrected chi connectivity index (χ4v) is 2.46. The van der Waals surface area contributed by atoms with Crippen molar-refractivity contribution in [3.05, 3.63) is 71.3 Å². The molecule has 0 spiro atoms. The van der Waals surface area contributed by atoms with Crippen LogP contribution in [0.15, 0.2) is 54.6 Å². The summed E-state index contributed by atoms with van der Waals surface area (Å²) in [4.78, 5) is 12.2. The van der Waals surface area contributed by atoms with E-state index in [-0.39, 0.29) is 11.5 Å². The van der Waals surface area contributed by atoms with E-state index in [0.717, 1.165) is 18.1 Å². The van der Waals surface area contributed by atoms with Crippen LogP contribution in [0.3, 0.4) is 0 Å². The Labute approximate surface area is 133 Å². The zero-order valence-corrected chi connectivity index (χ0v) is 12.7. The summed E-state index contributed by atoms with van der Waals surface area (Å²) < 4.78 is 38.9. The third-order valence-electron chi connectivity index (χ3n) is 3.75. The molecule has 0 saturated heterocycles. The van der Waals surface area contributed by atoms with Gasteiger partial charge in [0.15, 0.2) is 0 Å². The van der Waals surface area contributed by atoms with Crippen LogP contribution in [0.25, 0.3) is 0 Å². The van der Waals surface area contributed by atoms with Gasteiger partial charge in [-0.2, -0.15) is 13.2 Å². The van der Waals surface area contributed by atoms with Crippen molar-refractivity contribution in [1.82, 2.24) is 5.32 Å². The molecular formula is C18H18F3NO. The van der Waals surface area contributed by atoms with E-state index >= 15 is 0 Å². The molecule has 2 rings (SSSR count). The smallest absolute Gasteiger partial charge is 0.351 e. The molecule has 122 valence electrons. The van der Waals surface area contributed by atoms with Gasteiger partial charge in [-0.05, 0) is 24.1 Å². The van der Waals surface area contributed by atoms with Gasteiger partial charge in [-0.1, -0.05) is 49.4 Å². The average molecular weight is 321 g/mol. The predicted octanol–water partition coefficient (Wildman–Crippen LogP) is 4.63. The maximum Gasteiger partial charge on any atom is 0.417 e. The van der Waals surface area contributed by atoms with Crippen LogP contribution < -0.4 is 5.32 Å². The van der Waals surface area contributed by atoms with E-state index in [1.807, 2.05) is 37.3 Å². The summed E-state index contributed by atoms with van der Waals surface area (Å²) in [6.07, 6.45) is -3.76. The largest absolute Gasteiger partial charge is 0.417 e. The molecule has 23 heavy (non-hydrogen) atoms. The van der Waals surface area contributed by atoms with Crippen LogP contribution in [-0.2, 0) is 6.18 Å². The van der Waals surface area contributed by atoms with Gasteiger partial charge in [0.05, 0.1) is 11.1 Å². The van der Waals surface area contributed by atoms with Crippen molar-refractivity contribution in [3.63, 3.8) is 0 Å². The third kappa shape index (κ3) is 4.34. The molecule has 1 unspecified atom stereocenters. The van der Waals surface area contributed by atoms with Gasteiger partial charge in [-0.25, -0.2) is 0 Å². The Morgan fingerprint density at radius 3 is 2.26 bits per heavy atom. The van der Waals surface area contributed by atoms with Gasteiger partial charge in [-0.15, -0.1) is 0 Å². The van der Waals surface area contributed by atoms with Crippen molar-refractivity contribution in [3.8, 4) is 0 Å². The summed E-state index contributed by atoms with van der Waals surface area (Å²) in [5, 5.41) is 2.62. The molecular weight excluding hydrogens is 303 g/mol. The summed E-state index contributed by atoms with van der Waals surface area (Å²) in [7, 11) is 0. The minimum Gasteiger partial charge on any atom is -0.351 e. The second-order valence-corrected chi connectivity index (χ2v) is 5.27. The number of hydrogen-bond acceptors (Lipinski definition) is 1. The van der Waals surface area contributed by atoms with E-state index in [9.17, 15) is 18.0 Å². The van der Waals surface area contributed by atoms with Crippen LogP contribution in [0, 0.1) is 0 Å². The Bertz CT molecular complexity index is 653. The van der Waals surface area contributed by atoms with Crippen molar-refractivity contribution >= 4 is 5.91 Å². The van der Waals surface area contributed by atoms with E-state index in [0.29, 0.717) is 6.54 Å². The number of benzene rings is 2. The Hall–Kier alpha value is -2.30. The Morgan fingerprint density at radius 1 is 1.04 bits per heavy atom. The van der Waals surface area contributed by atoms with Crippen molar-refractivity contribution < 1.29 is 18.0 Å². The standard InChI is InChI=1S/C18H18F3NO/c1-2-13(14-8-4-3-5-9-14)12-22-17(23)15-10-6-7-11-16(15)18(19,20)21/h3-11,13H,2,12H2,1H3,(H,22,23). The number of alkyl halides is 3. The molecule has 0 heterocycles. The van der Waals surface area contributed by atoms with Gasteiger partial charge in [-0.3, -0.25) is 4.79 Å². The van der Waals surface area contributed by atoms with Crippen molar-refractivity contribution in [2.24, 2.45) is 0 Å². The van der Waals surface area contributed by atoms with Crippen LogP contribution in [0.4, 0.5) is 13.2 Å². The number of halogens is 3. The Kier molecular flexibility index (Phi) is 5.42. The first kappa shape index (κ1) is 17.1. The molecule has 0 bridgehead atoms. The quantitative estimate of drug-likeness (QED) is 0.855. The highest BCUT2D eigenvalue weighted by Gasteiger charge is 2.34. The SMILES string of the molecule is CCC(CNC(=O)c1ccccc1C(F)(F)F)c1ccccc1. The molecule has 0 saturated carbocycles. The second-order valence-electron chi connectivity index (χ2n) is 5.27. The number of carbonyl (C=O) groups is 1. The molecule has 0 fully saturated rings. The van der Waals surface area contributed by atoms with E-state index in [4.69, 9.17) is 0 Å². The molecule has 0 aliphatic carbocycles. The molecule has 2 nitrogen and oxygen atoms in total. The van der Waals surface area contributed by atoms with Crippen LogP contribution >= 0.6 is 0 Å². The molecule has 1 N–H and O–H groups in total. The molecule has 0 aliphatic rings. The maximum atomic E-state index is 13.0. The highest BCUT2D eigenvalue weighted by Crippen LogP contribution is 2.31. The van der Waals surface area contributed by atoms with Gasteiger partial charge >= 0.3 is 6.18 Å². The zero-order chi connectivity index (χ0) is 16.9. The monoisotopic (exact) mass is 321 g/mol. The predicted molar refractivity (Wildman–Crippen MR) is 83.3 cm³/mol. The summed E-state index contributed by atoms with van der Waals surface area (Å²) in [6.45, 7) is 2.28. The first-order chi connectivity index (χ1) is 10.9. The van der Waals surface area contributed by atoms with Crippen LogP contribution in [-0.4, -0.2) is 12.5 Å². The minimum absolute atomic E-state index is 0.0678. The number of carbonyl (C=O) groups excluding carboxylic acids is 1. The number of rotatable bonds is 5. The van der Waals surface area contributed by atoms with E-state index in [2.05, 4.69) is 5.32 Å². The zero-order valence-electron chi connectivity index (χ0n) is 12.7. The molecule has 0 radical (unpaired) electrons. The molecule has 2 aromatic carbocycles. The third-order valence-corrected chi connectivity index (χ3v) is 3.75. The van der Waals surface area contributed by atoms with Crippen LogP contribution in [0.5, 0.6) is 0 Å². The van der Waals surface area contributed by atoms with Gasteiger partial charge in [0.1, 0.15) is 0 Å². The first-order valence-electron chi connectivity index (χ1n) is 7.42. The van der Waals surface area contributed by atoms with E-state index < -0.39 is 17.6 Å². The van der Waals surface area contributed by atoms with Crippen LogP contribution in [0.1, 0.15) is 40.7 Å². The molecule has 5 heteroatoms. The van der Waals surface area contributed by atoms with Gasteiger partial charge in [0.25, 0.3) is 5.91 Å². The fraction of sp³-hybridized carbons (Fsp3) is 0.278. The van der Waals surface area contributed by atoms with E-state index in [1.165, 1.54) is 18.2 Å². The molecule has 0 aliphatic heterocycles. The number of amides is 1. The highest BCUT2D eigenvalue weighted by molar-refractivity contribution is 5.95. The number of nitrogens with one attached hydrogen (secondary N) is 1. The molecule has 0 aromatic heterocycles. The Balaban J connectivity index is 2.11. The van der Waals surface area contributed by atoms with Crippen molar-refractivity contribution in [2.45, 2.75) is 25.4 Å². The topological polar surface area (TPSA) is 29.1 Å².